The van der Waals surface area contributed by atoms with E-state index in [1.807, 2.05) is 0 Å². The second-order valence-corrected chi connectivity index (χ2v) is 3.73. The largest absolute Gasteiger partial charge is 0.444 e. The zero-order valence-corrected chi connectivity index (χ0v) is 10.2. The van der Waals surface area contributed by atoms with Gasteiger partial charge in [0.15, 0.2) is 0 Å². The normalized spacial score (nSPS) is 10.1. The molecule has 2 aromatic heterocycles. The van der Waals surface area contributed by atoms with Gasteiger partial charge in [-0.2, -0.15) is 0 Å². The Morgan fingerprint density at radius 2 is 2.17 bits per heavy atom. The van der Waals surface area contributed by atoms with E-state index in [4.69, 9.17) is 4.42 Å². The number of aromatic nitrogens is 2. The molecular formula is C12H14N4O2. The molecule has 1 amide bonds. The molecule has 0 radical (unpaired) electrons. The molecule has 0 spiro atoms. The number of pyridine rings is 1. The third kappa shape index (κ3) is 2.85. The summed E-state index contributed by atoms with van der Waals surface area (Å²) in [4.78, 5) is 19.8. The van der Waals surface area contributed by atoms with E-state index in [-0.39, 0.29) is 12.5 Å². The van der Waals surface area contributed by atoms with Crippen molar-refractivity contribution in [1.82, 2.24) is 15.3 Å². The van der Waals surface area contributed by atoms with Crippen molar-refractivity contribution in [3.05, 3.63) is 41.9 Å². The number of nitrogens with zero attached hydrogens (tertiary/aromatic N) is 2. The van der Waals surface area contributed by atoms with Crippen LogP contribution in [0.2, 0.25) is 0 Å². The monoisotopic (exact) mass is 246 g/mol. The van der Waals surface area contributed by atoms with E-state index >= 15 is 0 Å². The first-order valence-corrected chi connectivity index (χ1v) is 5.52. The van der Waals surface area contributed by atoms with Gasteiger partial charge in [0.25, 0.3) is 5.91 Å². The Bertz CT molecular complexity index is 533. The molecule has 2 rings (SSSR count). The summed E-state index contributed by atoms with van der Waals surface area (Å²) < 4.78 is 5.25. The first-order chi connectivity index (χ1) is 8.69. The fourth-order valence-corrected chi connectivity index (χ4v) is 1.41. The van der Waals surface area contributed by atoms with E-state index in [0.717, 1.165) is 11.4 Å². The highest BCUT2D eigenvalue weighted by Crippen LogP contribution is 2.05. The number of hydrogen-bond donors (Lipinski definition) is 2. The van der Waals surface area contributed by atoms with E-state index < -0.39 is 0 Å². The number of rotatable bonds is 4. The van der Waals surface area contributed by atoms with Gasteiger partial charge in [-0.25, -0.2) is 9.97 Å². The predicted molar refractivity (Wildman–Crippen MR) is 66.2 cm³/mol. The minimum atomic E-state index is -0.256. The number of anilines is 1. The molecule has 6 nitrogen and oxygen atoms in total. The van der Waals surface area contributed by atoms with Crippen molar-refractivity contribution in [2.45, 2.75) is 13.5 Å². The van der Waals surface area contributed by atoms with Crippen molar-refractivity contribution >= 4 is 11.6 Å². The molecule has 2 N–H and O–H groups in total. The molecule has 0 atom stereocenters. The van der Waals surface area contributed by atoms with Crippen LogP contribution in [0.3, 0.4) is 0 Å². The Morgan fingerprint density at radius 1 is 1.33 bits per heavy atom. The van der Waals surface area contributed by atoms with Gasteiger partial charge in [0.05, 0.1) is 24.6 Å². The maximum atomic E-state index is 11.8. The van der Waals surface area contributed by atoms with Gasteiger partial charge in [0.1, 0.15) is 11.5 Å². The molecule has 18 heavy (non-hydrogen) atoms. The molecule has 2 aromatic rings. The summed E-state index contributed by atoms with van der Waals surface area (Å²) in [6.07, 6.45) is 3.21. The van der Waals surface area contributed by atoms with Gasteiger partial charge in [-0.3, -0.25) is 4.79 Å². The predicted octanol–water partition coefficient (Wildman–Crippen LogP) is 1.35. The topological polar surface area (TPSA) is 80.0 Å². The summed E-state index contributed by atoms with van der Waals surface area (Å²) >= 11 is 0. The second-order valence-electron chi connectivity index (χ2n) is 3.73. The SMILES string of the molecule is CNc1ccc(C(=O)NCc2ncc(C)o2)nc1. The zero-order chi connectivity index (χ0) is 13.0. The Kier molecular flexibility index (Phi) is 3.57. The van der Waals surface area contributed by atoms with Gasteiger partial charge in [-0.05, 0) is 19.1 Å². The van der Waals surface area contributed by atoms with Gasteiger partial charge in [0, 0.05) is 7.05 Å². The third-order valence-corrected chi connectivity index (χ3v) is 2.35. The van der Waals surface area contributed by atoms with Crippen LogP contribution in [0.1, 0.15) is 22.1 Å². The number of nitrogens with one attached hydrogen (secondary N) is 2. The summed E-state index contributed by atoms with van der Waals surface area (Å²) in [6, 6.07) is 3.44. The van der Waals surface area contributed by atoms with Crippen molar-refractivity contribution in [1.29, 1.82) is 0 Å². The lowest BCUT2D eigenvalue weighted by Gasteiger charge is -2.03. The van der Waals surface area contributed by atoms with Gasteiger partial charge in [-0.1, -0.05) is 0 Å². The van der Waals surface area contributed by atoms with E-state index in [2.05, 4.69) is 20.6 Å². The maximum absolute atomic E-state index is 11.8. The van der Waals surface area contributed by atoms with E-state index in [0.29, 0.717) is 11.6 Å². The molecule has 0 saturated carbocycles. The number of hydrogen-bond acceptors (Lipinski definition) is 5. The van der Waals surface area contributed by atoms with E-state index in [1.54, 1.807) is 38.5 Å². The second kappa shape index (κ2) is 5.31. The summed E-state index contributed by atoms with van der Waals surface area (Å²) in [5, 5.41) is 5.62. The van der Waals surface area contributed by atoms with Crippen LogP contribution in [0.15, 0.2) is 28.9 Å². The first kappa shape index (κ1) is 12.1. The minimum Gasteiger partial charge on any atom is -0.444 e. The van der Waals surface area contributed by atoms with Gasteiger partial charge in [0.2, 0.25) is 5.89 Å². The van der Waals surface area contributed by atoms with Crippen LogP contribution < -0.4 is 10.6 Å². The van der Waals surface area contributed by atoms with Crippen LogP contribution >= 0.6 is 0 Å². The van der Waals surface area contributed by atoms with Gasteiger partial charge in [-0.15, -0.1) is 0 Å². The fourth-order valence-electron chi connectivity index (χ4n) is 1.41. The molecule has 2 heterocycles. The Balaban J connectivity index is 1.94. The molecule has 0 aliphatic carbocycles. The highest BCUT2D eigenvalue weighted by molar-refractivity contribution is 5.92. The van der Waals surface area contributed by atoms with E-state index in [9.17, 15) is 4.79 Å². The number of amides is 1. The van der Waals surface area contributed by atoms with Crippen molar-refractivity contribution < 1.29 is 9.21 Å². The van der Waals surface area contributed by atoms with Crippen LogP contribution in [-0.4, -0.2) is 22.9 Å². The molecule has 94 valence electrons. The zero-order valence-electron chi connectivity index (χ0n) is 10.2. The lowest BCUT2D eigenvalue weighted by atomic mass is 10.3. The average Bonchev–Trinajstić information content (AvgIpc) is 2.82. The minimum absolute atomic E-state index is 0.252. The smallest absolute Gasteiger partial charge is 0.270 e. The molecule has 0 unspecified atom stereocenters. The highest BCUT2D eigenvalue weighted by atomic mass is 16.4. The molecule has 0 saturated heterocycles. The van der Waals surface area contributed by atoms with Crippen molar-refractivity contribution in [2.75, 3.05) is 12.4 Å². The number of carbonyl (C=O) groups excluding carboxylic acids is 1. The van der Waals surface area contributed by atoms with Crippen molar-refractivity contribution in [3.8, 4) is 0 Å². The Labute approximate surface area is 104 Å². The van der Waals surface area contributed by atoms with Gasteiger partial charge < -0.3 is 15.1 Å². The van der Waals surface area contributed by atoms with Crippen LogP contribution in [0.4, 0.5) is 5.69 Å². The molecule has 0 aromatic carbocycles. The van der Waals surface area contributed by atoms with Crippen molar-refractivity contribution in [3.63, 3.8) is 0 Å². The average molecular weight is 246 g/mol. The number of oxazole rings is 1. The fraction of sp³-hybridized carbons (Fsp3) is 0.250. The molecule has 0 bridgehead atoms. The van der Waals surface area contributed by atoms with Gasteiger partial charge >= 0.3 is 0 Å². The Morgan fingerprint density at radius 3 is 2.72 bits per heavy atom. The quantitative estimate of drug-likeness (QED) is 0.851. The summed E-state index contributed by atoms with van der Waals surface area (Å²) in [5.74, 6) is 0.942. The van der Waals surface area contributed by atoms with Crippen molar-refractivity contribution in [2.24, 2.45) is 0 Å². The highest BCUT2D eigenvalue weighted by Gasteiger charge is 2.08. The first-order valence-electron chi connectivity index (χ1n) is 5.52. The molecule has 0 aliphatic heterocycles. The van der Waals surface area contributed by atoms with E-state index in [1.165, 1.54) is 0 Å². The maximum Gasteiger partial charge on any atom is 0.270 e. The van der Waals surface area contributed by atoms with Crippen LogP contribution in [0, 0.1) is 6.92 Å². The summed E-state index contributed by atoms with van der Waals surface area (Å²) in [6.45, 7) is 2.05. The molecule has 0 fully saturated rings. The lowest BCUT2D eigenvalue weighted by molar-refractivity contribution is 0.0942. The Hall–Kier alpha value is -2.37. The molecule has 0 aliphatic rings. The molecule has 6 heteroatoms. The number of aryl methyl sites for hydroxylation is 1. The third-order valence-electron chi connectivity index (χ3n) is 2.35. The summed E-state index contributed by atoms with van der Waals surface area (Å²) in [5.41, 5.74) is 1.21. The summed E-state index contributed by atoms with van der Waals surface area (Å²) in [7, 11) is 1.79. The molecular weight excluding hydrogens is 232 g/mol. The number of carbonyl (C=O) groups is 1. The standard InChI is InChI=1S/C12H14N4O2/c1-8-5-15-11(18-8)7-16-12(17)10-4-3-9(13-2)6-14-10/h3-6,13H,7H2,1-2H3,(H,16,17). The lowest BCUT2D eigenvalue weighted by Crippen LogP contribution is -2.23. The van der Waals surface area contributed by atoms with Crippen LogP contribution in [0.5, 0.6) is 0 Å². The van der Waals surface area contributed by atoms with Crippen LogP contribution in [-0.2, 0) is 6.54 Å². The van der Waals surface area contributed by atoms with Crippen LogP contribution in [0.25, 0.3) is 0 Å².